The molecule has 0 saturated carbocycles. The first-order chi connectivity index (χ1) is 9.35. The van der Waals surface area contributed by atoms with Crippen molar-refractivity contribution in [2.75, 3.05) is 17.6 Å². The molecule has 1 heterocycles. The summed E-state index contributed by atoms with van der Waals surface area (Å²) in [6.07, 6.45) is 1.31. The number of carboxylic acids is 1. The zero-order valence-electron chi connectivity index (χ0n) is 10.7. The number of sulfonamides is 1. The van der Waals surface area contributed by atoms with Crippen LogP contribution < -0.4 is 4.72 Å². The number of carbonyl (C=O) groups is 2. The molecule has 0 radical (unpaired) electrons. The molecule has 0 bridgehead atoms. The van der Waals surface area contributed by atoms with Crippen molar-refractivity contribution in [1.29, 1.82) is 0 Å². The van der Waals surface area contributed by atoms with Crippen LogP contribution in [-0.4, -0.2) is 43.3 Å². The van der Waals surface area contributed by atoms with E-state index < -0.39 is 22.0 Å². The molecule has 0 saturated heterocycles. The minimum absolute atomic E-state index is 0.0363. The maximum Gasteiger partial charge on any atom is 0.339 e. The highest BCUT2D eigenvalue weighted by Crippen LogP contribution is 2.13. The van der Waals surface area contributed by atoms with Gasteiger partial charge in [0.05, 0.1) is 12.9 Å². The molecule has 0 aliphatic heterocycles. The third kappa shape index (κ3) is 4.84. The molecule has 0 aromatic carbocycles. The average molecular weight is 302 g/mol. The summed E-state index contributed by atoms with van der Waals surface area (Å²) in [5.41, 5.74) is -0.246. The molecule has 1 aromatic rings. The molecule has 1 aromatic heterocycles. The van der Waals surface area contributed by atoms with E-state index in [9.17, 15) is 18.0 Å². The van der Waals surface area contributed by atoms with Gasteiger partial charge in [-0.15, -0.1) is 0 Å². The minimum atomic E-state index is -3.78. The average Bonchev–Trinajstić information content (AvgIpc) is 2.38. The Balaban J connectivity index is 2.72. The number of rotatable bonds is 7. The number of aromatic carboxylic acids is 1. The van der Waals surface area contributed by atoms with Gasteiger partial charge < -0.3 is 9.84 Å². The van der Waals surface area contributed by atoms with Crippen LogP contribution in [0.2, 0.25) is 0 Å². The van der Waals surface area contributed by atoms with E-state index >= 15 is 0 Å². The molecule has 0 unspecified atom stereocenters. The molecule has 8 nitrogen and oxygen atoms in total. The van der Waals surface area contributed by atoms with Crippen LogP contribution in [0.15, 0.2) is 18.3 Å². The molecule has 110 valence electrons. The summed E-state index contributed by atoms with van der Waals surface area (Å²) in [7, 11) is -2.57. The number of nitrogens with one attached hydrogen (secondary N) is 1. The van der Waals surface area contributed by atoms with Gasteiger partial charge in [0.2, 0.25) is 10.0 Å². The van der Waals surface area contributed by atoms with Gasteiger partial charge in [-0.25, -0.2) is 18.2 Å². The van der Waals surface area contributed by atoms with Crippen LogP contribution in [0.1, 0.15) is 23.2 Å². The number of hydrogen-bond acceptors (Lipinski definition) is 6. The molecule has 20 heavy (non-hydrogen) atoms. The fourth-order valence-corrected chi connectivity index (χ4v) is 2.45. The summed E-state index contributed by atoms with van der Waals surface area (Å²) < 4.78 is 30.0. The predicted octanol–water partition coefficient (Wildman–Crippen LogP) is 0.475. The number of anilines is 1. The topological polar surface area (TPSA) is 123 Å². The largest absolute Gasteiger partial charge is 0.478 e. The van der Waals surface area contributed by atoms with Crippen LogP contribution in [0.25, 0.3) is 0 Å². The maximum absolute atomic E-state index is 11.7. The summed E-state index contributed by atoms with van der Waals surface area (Å²) in [5, 5.41) is 8.91. The summed E-state index contributed by atoms with van der Waals surface area (Å²) in [5.74, 6) is -2.38. The number of aromatic nitrogens is 1. The van der Waals surface area contributed by atoms with Gasteiger partial charge in [0, 0.05) is 12.6 Å². The number of carboxylic acid groups (broad SMARTS) is 1. The van der Waals surface area contributed by atoms with Crippen LogP contribution in [0.4, 0.5) is 5.82 Å². The van der Waals surface area contributed by atoms with E-state index in [0.717, 1.165) is 0 Å². The highest BCUT2D eigenvalue weighted by atomic mass is 32.2. The van der Waals surface area contributed by atoms with Crippen molar-refractivity contribution in [2.45, 2.75) is 12.8 Å². The Kier molecular flexibility index (Phi) is 5.44. The molecule has 0 atom stereocenters. The number of esters is 1. The van der Waals surface area contributed by atoms with Crippen LogP contribution in [0.3, 0.4) is 0 Å². The number of methoxy groups -OCH3 is 1. The standard InChI is InChI=1S/C11H14N2O6S/c1-19-9(14)5-3-7-20(17,18)13-10-8(11(15)16)4-2-6-12-10/h2,4,6H,3,5,7H2,1H3,(H,12,13)(H,15,16). The Morgan fingerprint density at radius 2 is 2.15 bits per heavy atom. The van der Waals surface area contributed by atoms with Crippen LogP contribution in [0.5, 0.6) is 0 Å². The van der Waals surface area contributed by atoms with E-state index in [1.54, 1.807) is 0 Å². The fourth-order valence-electron chi connectivity index (χ4n) is 1.37. The Labute approximate surface area is 115 Å². The Hall–Kier alpha value is -2.16. The summed E-state index contributed by atoms with van der Waals surface area (Å²) in [6, 6.07) is 2.63. The normalized spacial score (nSPS) is 10.8. The molecule has 0 amide bonds. The SMILES string of the molecule is COC(=O)CCCS(=O)(=O)Nc1ncccc1C(=O)O. The monoisotopic (exact) mass is 302 g/mol. The van der Waals surface area contributed by atoms with Gasteiger partial charge >= 0.3 is 11.9 Å². The zero-order chi connectivity index (χ0) is 15.2. The lowest BCUT2D eigenvalue weighted by atomic mass is 10.3. The van der Waals surface area contributed by atoms with Crippen molar-refractivity contribution < 1.29 is 27.9 Å². The zero-order valence-corrected chi connectivity index (χ0v) is 11.5. The number of pyridine rings is 1. The van der Waals surface area contributed by atoms with Gasteiger partial charge in [0.15, 0.2) is 5.82 Å². The van der Waals surface area contributed by atoms with Gasteiger partial charge in [-0.1, -0.05) is 0 Å². The lowest BCUT2D eigenvalue weighted by molar-refractivity contribution is -0.140. The van der Waals surface area contributed by atoms with Crippen molar-refractivity contribution >= 4 is 27.8 Å². The number of hydrogen-bond donors (Lipinski definition) is 2. The van der Waals surface area contributed by atoms with Gasteiger partial charge in [0.1, 0.15) is 5.56 Å². The lowest BCUT2D eigenvalue weighted by Crippen LogP contribution is -2.20. The van der Waals surface area contributed by atoms with Crippen molar-refractivity contribution in [3.63, 3.8) is 0 Å². The van der Waals surface area contributed by atoms with Crippen LogP contribution >= 0.6 is 0 Å². The van der Waals surface area contributed by atoms with E-state index in [4.69, 9.17) is 5.11 Å². The predicted molar refractivity (Wildman–Crippen MR) is 69.9 cm³/mol. The first kappa shape index (κ1) is 15.9. The molecule has 1 rings (SSSR count). The molecule has 0 aliphatic rings. The number of ether oxygens (including phenoxy) is 1. The second-order valence-electron chi connectivity index (χ2n) is 3.81. The van der Waals surface area contributed by atoms with Crippen molar-refractivity contribution in [3.05, 3.63) is 23.9 Å². The van der Waals surface area contributed by atoms with E-state index in [0.29, 0.717) is 0 Å². The summed E-state index contributed by atoms with van der Waals surface area (Å²) in [4.78, 5) is 25.5. The quantitative estimate of drug-likeness (QED) is 0.702. The summed E-state index contributed by atoms with van der Waals surface area (Å²) >= 11 is 0. The van der Waals surface area contributed by atoms with E-state index in [2.05, 4.69) is 14.4 Å². The summed E-state index contributed by atoms with van der Waals surface area (Å²) in [6.45, 7) is 0. The third-order valence-corrected chi connectivity index (χ3v) is 3.64. The first-order valence-corrected chi connectivity index (χ1v) is 7.26. The first-order valence-electron chi connectivity index (χ1n) is 5.61. The maximum atomic E-state index is 11.7. The van der Waals surface area contributed by atoms with E-state index in [-0.39, 0.29) is 30.0 Å². The van der Waals surface area contributed by atoms with Crippen molar-refractivity contribution in [2.24, 2.45) is 0 Å². The molecule has 0 spiro atoms. The van der Waals surface area contributed by atoms with Gasteiger partial charge in [-0.05, 0) is 18.6 Å². The second kappa shape index (κ2) is 6.85. The lowest BCUT2D eigenvalue weighted by Gasteiger charge is -2.08. The number of carbonyl (C=O) groups excluding carboxylic acids is 1. The van der Waals surface area contributed by atoms with E-state index in [1.807, 2.05) is 0 Å². The number of nitrogens with zero attached hydrogens (tertiary/aromatic N) is 1. The molecule has 9 heteroatoms. The van der Waals surface area contributed by atoms with Gasteiger partial charge in [-0.2, -0.15) is 0 Å². The van der Waals surface area contributed by atoms with Crippen LogP contribution in [-0.2, 0) is 19.6 Å². The molecular formula is C11H14N2O6S. The molecule has 0 aliphatic carbocycles. The fraction of sp³-hybridized carbons (Fsp3) is 0.364. The molecular weight excluding hydrogens is 288 g/mol. The third-order valence-electron chi connectivity index (χ3n) is 2.31. The van der Waals surface area contributed by atoms with Crippen LogP contribution in [0, 0.1) is 0 Å². The second-order valence-corrected chi connectivity index (χ2v) is 5.65. The van der Waals surface area contributed by atoms with Crippen molar-refractivity contribution in [3.8, 4) is 0 Å². The molecule has 0 fully saturated rings. The Morgan fingerprint density at radius 1 is 1.45 bits per heavy atom. The Morgan fingerprint density at radius 3 is 2.75 bits per heavy atom. The molecule has 2 N–H and O–H groups in total. The van der Waals surface area contributed by atoms with Gasteiger partial charge in [0.25, 0.3) is 0 Å². The smallest absolute Gasteiger partial charge is 0.339 e. The van der Waals surface area contributed by atoms with Gasteiger partial charge in [-0.3, -0.25) is 9.52 Å². The minimum Gasteiger partial charge on any atom is -0.478 e. The Bertz CT molecular complexity index is 599. The highest BCUT2D eigenvalue weighted by Gasteiger charge is 2.17. The van der Waals surface area contributed by atoms with E-state index in [1.165, 1.54) is 25.4 Å². The highest BCUT2D eigenvalue weighted by molar-refractivity contribution is 7.92. The van der Waals surface area contributed by atoms with Crippen molar-refractivity contribution in [1.82, 2.24) is 4.98 Å².